The summed E-state index contributed by atoms with van der Waals surface area (Å²) < 4.78 is 32.5. The van der Waals surface area contributed by atoms with Gasteiger partial charge in [0.15, 0.2) is 11.6 Å². The Kier molecular flexibility index (Phi) is 3.81. The number of ether oxygens (including phenoxy) is 1. The van der Waals surface area contributed by atoms with Crippen LogP contribution in [0.2, 0.25) is 0 Å². The summed E-state index contributed by atoms with van der Waals surface area (Å²) in [7, 11) is 1.39. The summed E-state index contributed by atoms with van der Waals surface area (Å²) in [5.41, 5.74) is 7.33. The van der Waals surface area contributed by atoms with Crippen LogP contribution in [0.5, 0.6) is 5.75 Å². The fraction of sp³-hybridized carbons (Fsp3) is 0.200. The van der Waals surface area contributed by atoms with E-state index >= 15 is 0 Å². The molecule has 2 aromatic carbocycles. The number of halogens is 2. The van der Waals surface area contributed by atoms with Crippen molar-refractivity contribution < 1.29 is 13.5 Å². The molecule has 0 radical (unpaired) electrons. The lowest BCUT2D eigenvalue weighted by Crippen LogP contribution is -2.14. The molecule has 19 heavy (non-hydrogen) atoms. The second-order valence-electron chi connectivity index (χ2n) is 4.35. The van der Waals surface area contributed by atoms with Crippen molar-refractivity contribution in [2.24, 2.45) is 5.73 Å². The van der Waals surface area contributed by atoms with E-state index in [-0.39, 0.29) is 17.1 Å². The Morgan fingerprint density at radius 1 is 1.16 bits per heavy atom. The summed E-state index contributed by atoms with van der Waals surface area (Å²) >= 11 is 0. The van der Waals surface area contributed by atoms with Gasteiger partial charge in [0.25, 0.3) is 0 Å². The standard InChI is InChI=1S/C15H15F2NO/c1-9-6-7-10(8-12(9)16)15(18)11-4-3-5-13(19-2)14(11)17/h3-8,15H,18H2,1-2H3. The molecule has 100 valence electrons. The van der Waals surface area contributed by atoms with Gasteiger partial charge in [0.05, 0.1) is 13.2 Å². The Hall–Kier alpha value is -1.94. The van der Waals surface area contributed by atoms with Crippen molar-refractivity contribution in [3.63, 3.8) is 0 Å². The lowest BCUT2D eigenvalue weighted by molar-refractivity contribution is 0.383. The molecule has 0 fully saturated rings. The molecule has 0 aliphatic heterocycles. The maximum absolute atomic E-state index is 14.1. The van der Waals surface area contributed by atoms with E-state index in [9.17, 15) is 8.78 Å². The highest BCUT2D eigenvalue weighted by atomic mass is 19.1. The molecule has 0 amide bonds. The summed E-state index contributed by atoms with van der Waals surface area (Å²) in [6, 6.07) is 8.66. The van der Waals surface area contributed by atoms with Crippen LogP contribution < -0.4 is 10.5 Å². The highest BCUT2D eigenvalue weighted by Gasteiger charge is 2.17. The maximum atomic E-state index is 14.1. The van der Waals surface area contributed by atoms with E-state index in [0.717, 1.165) is 0 Å². The van der Waals surface area contributed by atoms with E-state index in [1.54, 1.807) is 31.2 Å². The van der Waals surface area contributed by atoms with Crippen molar-refractivity contribution in [2.75, 3.05) is 7.11 Å². The van der Waals surface area contributed by atoms with Crippen molar-refractivity contribution in [3.05, 3.63) is 64.7 Å². The van der Waals surface area contributed by atoms with E-state index in [1.165, 1.54) is 19.2 Å². The monoisotopic (exact) mass is 263 g/mol. The van der Waals surface area contributed by atoms with E-state index in [4.69, 9.17) is 10.5 Å². The summed E-state index contributed by atoms with van der Waals surface area (Å²) in [5, 5.41) is 0. The topological polar surface area (TPSA) is 35.2 Å². The molecule has 1 atom stereocenters. The van der Waals surface area contributed by atoms with Crippen molar-refractivity contribution in [2.45, 2.75) is 13.0 Å². The number of hydrogen-bond acceptors (Lipinski definition) is 2. The molecule has 0 bridgehead atoms. The molecule has 2 nitrogen and oxygen atoms in total. The predicted octanol–water partition coefficient (Wildman–Crippen LogP) is 3.33. The molecule has 0 aliphatic carbocycles. The van der Waals surface area contributed by atoms with Gasteiger partial charge in [-0.05, 0) is 30.2 Å². The van der Waals surface area contributed by atoms with Gasteiger partial charge in [0.1, 0.15) is 5.82 Å². The second-order valence-corrected chi connectivity index (χ2v) is 4.35. The first-order chi connectivity index (χ1) is 9.04. The van der Waals surface area contributed by atoms with Crippen LogP contribution in [0.4, 0.5) is 8.78 Å². The minimum absolute atomic E-state index is 0.125. The molecule has 0 aromatic heterocycles. The SMILES string of the molecule is COc1cccc(C(N)c2ccc(C)c(F)c2)c1F. The first kappa shape index (κ1) is 13.5. The van der Waals surface area contributed by atoms with E-state index in [0.29, 0.717) is 11.1 Å². The smallest absolute Gasteiger partial charge is 0.170 e. The third-order valence-corrected chi connectivity index (χ3v) is 3.10. The minimum Gasteiger partial charge on any atom is -0.494 e. The van der Waals surface area contributed by atoms with Crippen LogP contribution in [0.3, 0.4) is 0 Å². The fourth-order valence-electron chi connectivity index (χ4n) is 1.91. The average Bonchev–Trinajstić information content (AvgIpc) is 2.41. The van der Waals surface area contributed by atoms with Crippen LogP contribution in [0.1, 0.15) is 22.7 Å². The molecule has 2 aromatic rings. The van der Waals surface area contributed by atoms with Crippen molar-refractivity contribution >= 4 is 0 Å². The van der Waals surface area contributed by atoms with Crippen LogP contribution in [0.25, 0.3) is 0 Å². The van der Waals surface area contributed by atoms with Gasteiger partial charge in [-0.25, -0.2) is 8.78 Å². The lowest BCUT2D eigenvalue weighted by atomic mass is 9.98. The van der Waals surface area contributed by atoms with E-state index < -0.39 is 11.9 Å². The molecule has 0 saturated heterocycles. The van der Waals surface area contributed by atoms with Gasteiger partial charge in [-0.1, -0.05) is 24.3 Å². The van der Waals surface area contributed by atoms with Gasteiger partial charge in [-0.2, -0.15) is 0 Å². The predicted molar refractivity (Wildman–Crippen MR) is 70.1 cm³/mol. The van der Waals surface area contributed by atoms with Crippen LogP contribution in [0.15, 0.2) is 36.4 Å². The third kappa shape index (κ3) is 2.58. The Morgan fingerprint density at radius 2 is 1.89 bits per heavy atom. The van der Waals surface area contributed by atoms with Gasteiger partial charge in [-0.3, -0.25) is 0 Å². The number of rotatable bonds is 3. The molecule has 0 saturated carbocycles. The number of aryl methyl sites for hydroxylation is 1. The number of nitrogens with two attached hydrogens (primary N) is 1. The van der Waals surface area contributed by atoms with Gasteiger partial charge in [0.2, 0.25) is 0 Å². The molecule has 0 spiro atoms. The van der Waals surface area contributed by atoms with Gasteiger partial charge >= 0.3 is 0 Å². The molecule has 4 heteroatoms. The maximum Gasteiger partial charge on any atom is 0.170 e. The zero-order valence-corrected chi connectivity index (χ0v) is 10.8. The minimum atomic E-state index is -0.731. The Morgan fingerprint density at radius 3 is 2.53 bits per heavy atom. The van der Waals surface area contributed by atoms with Crippen molar-refractivity contribution in [1.29, 1.82) is 0 Å². The van der Waals surface area contributed by atoms with Crippen molar-refractivity contribution in [1.82, 2.24) is 0 Å². The number of methoxy groups -OCH3 is 1. The Balaban J connectivity index is 2.43. The molecular weight excluding hydrogens is 248 g/mol. The summed E-state index contributed by atoms with van der Waals surface area (Å²) in [6.45, 7) is 1.66. The zero-order chi connectivity index (χ0) is 14.0. The van der Waals surface area contributed by atoms with Gasteiger partial charge in [0, 0.05) is 5.56 Å². The summed E-state index contributed by atoms with van der Waals surface area (Å²) in [4.78, 5) is 0. The van der Waals surface area contributed by atoms with Crippen LogP contribution in [-0.2, 0) is 0 Å². The molecule has 0 aliphatic rings. The molecule has 1 unspecified atom stereocenters. The summed E-state index contributed by atoms with van der Waals surface area (Å²) in [6.07, 6.45) is 0. The molecule has 0 heterocycles. The molecular formula is C15H15F2NO. The first-order valence-corrected chi connectivity index (χ1v) is 5.88. The van der Waals surface area contributed by atoms with Crippen LogP contribution >= 0.6 is 0 Å². The zero-order valence-electron chi connectivity index (χ0n) is 10.8. The largest absolute Gasteiger partial charge is 0.494 e. The second kappa shape index (κ2) is 5.36. The average molecular weight is 263 g/mol. The van der Waals surface area contributed by atoms with Gasteiger partial charge in [-0.15, -0.1) is 0 Å². The van der Waals surface area contributed by atoms with E-state index in [2.05, 4.69) is 0 Å². The van der Waals surface area contributed by atoms with Gasteiger partial charge < -0.3 is 10.5 Å². The Bertz CT molecular complexity index is 599. The highest BCUT2D eigenvalue weighted by molar-refractivity contribution is 5.39. The summed E-state index contributed by atoms with van der Waals surface area (Å²) in [5.74, 6) is -0.740. The first-order valence-electron chi connectivity index (χ1n) is 5.88. The third-order valence-electron chi connectivity index (χ3n) is 3.10. The molecule has 2 N–H and O–H groups in total. The molecule has 2 rings (SSSR count). The van der Waals surface area contributed by atoms with Crippen LogP contribution in [-0.4, -0.2) is 7.11 Å². The number of hydrogen-bond donors (Lipinski definition) is 1. The Labute approximate surface area is 110 Å². The van der Waals surface area contributed by atoms with E-state index in [1.807, 2.05) is 0 Å². The normalized spacial score (nSPS) is 12.3. The van der Waals surface area contributed by atoms with Crippen molar-refractivity contribution in [3.8, 4) is 5.75 Å². The van der Waals surface area contributed by atoms with Crippen LogP contribution in [0, 0.1) is 18.6 Å². The lowest BCUT2D eigenvalue weighted by Gasteiger charge is -2.15. The number of benzene rings is 2. The fourth-order valence-corrected chi connectivity index (χ4v) is 1.91. The quantitative estimate of drug-likeness (QED) is 0.921. The highest BCUT2D eigenvalue weighted by Crippen LogP contribution is 2.28.